The predicted octanol–water partition coefficient (Wildman–Crippen LogP) is 5.94. The third-order valence-corrected chi connectivity index (χ3v) is 5.15. The fraction of sp³-hybridized carbons (Fsp3) is 0.158. The van der Waals surface area contributed by atoms with Gasteiger partial charge in [-0.25, -0.2) is 4.98 Å². The first-order valence-electron chi connectivity index (χ1n) is 7.87. The molecule has 0 saturated heterocycles. The number of thiazole rings is 1. The van der Waals surface area contributed by atoms with E-state index in [4.69, 9.17) is 16.3 Å². The first kappa shape index (κ1) is 18.9. The van der Waals surface area contributed by atoms with Crippen LogP contribution < -0.4 is 10.1 Å². The van der Waals surface area contributed by atoms with Crippen LogP contribution in [0.5, 0.6) is 5.75 Å². The van der Waals surface area contributed by atoms with Crippen LogP contribution in [-0.4, -0.2) is 17.0 Å². The molecule has 0 aliphatic rings. The molecular weight excluding hydrogens is 436 g/mol. The zero-order valence-corrected chi connectivity index (χ0v) is 17.3. The minimum Gasteiger partial charge on any atom is -0.481 e. The number of carbonyl (C=O) groups is 1. The summed E-state index contributed by atoms with van der Waals surface area (Å²) < 4.78 is 6.72. The fourth-order valence-corrected chi connectivity index (χ4v) is 3.66. The quantitative estimate of drug-likeness (QED) is 0.522. The largest absolute Gasteiger partial charge is 0.481 e. The SMILES string of the molecule is Cc1cc(Cl)ccc1OC(C)C(=O)Nc1nc(-c2cccc(Br)c2)cs1. The molecular formula is C19H16BrClN2O2S. The summed E-state index contributed by atoms with van der Waals surface area (Å²) in [5.41, 5.74) is 2.68. The molecule has 7 heteroatoms. The van der Waals surface area contributed by atoms with E-state index in [9.17, 15) is 4.79 Å². The highest BCUT2D eigenvalue weighted by Gasteiger charge is 2.17. The molecule has 0 aliphatic carbocycles. The summed E-state index contributed by atoms with van der Waals surface area (Å²) in [6.45, 7) is 3.59. The zero-order chi connectivity index (χ0) is 18.7. The van der Waals surface area contributed by atoms with Crippen molar-refractivity contribution in [3.63, 3.8) is 0 Å². The second-order valence-electron chi connectivity index (χ2n) is 5.71. The Bertz CT molecular complexity index is 945. The number of aryl methyl sites for hydroxylation is 1. The van der Waals surface area contributed by atoms with Crippen molar-refractivity contribution in [3.05, 3.63) is 62.9 Å². The van der Waals surface area contributed by atoms with Gasteiger partial charge in [-0.3, -0.25) is 10.1 Å². The number of nitrogens with one attached hydrogen (secondary N) is 1. The Morgan fingerprint density at radius 3 is 2.85 bits per heavy atom. The molecule has 0 spiro atoms. The number of ether oxygens (including phenoxy) is 1. The van der Waals surface area contributed by atoms with Crippen molar-refractivity contribution < 1.29 is 9.53 Å². The molecule has 1 heterocycles. The Hall–Kier alpha value is -1.89. The Morgan fingerprint density at radius 1 is 1.31 bits per heavy atom. The van der Waals surface area contributed by atoms with Crippen LogP contribution in [-0.2, 0) is 4.79 Å². The van der Waals surface area contributed by atoms with Crippen molar-refractivity contribution in [3.8, 4) is 17.0 Å². The molecule has 2 aromatic carbocycles. The Kier molecular flexibility index (Phi) is 5.96. The maximum atomic E-state index is 12.4. The third kappa shape index (κ3) is 4.63. The van der Waals surface area contributed by atoms with Crippen LogP contribution >= 0.6 is 38.9 Å². The van der Waals surface area contributed by atoms with Crippen molar-refractivity contribution in [2.45, 2.75) is 20.0 Å². The lowest BCUT2D eigenvalue weighted by Crippen LogP contribution is -2.30. The predicted molar refractivity (Wildman–Crippen MR) is 110 cm³/mol. The van der Waals surface area contributed by atoms with Crippen molar-refractivity contribution >= 4 is 49.9 Å². The van der Waals surface area contributed by atoms with Crippen molar-refractivity contribution in [1.29, 1.82) is 0 Å². The van der Waals surface area contributed by atoms with Gasteiger partial charge in [-0.1, -0.05) is 39.7 Å². The van der Waals surface area contributed by atoms with Crippen LogP contribution in [0.3, 0.4) is 0 Å². The van der Waals surface area contributed by atoms with E-state index < -0.39 is 6.10 Å². The van der Waals surface area contributed by atoms with Crippen LogP contribution in [0.4, 0.5) is 5.13 Å². The van der Waals surface area contributed by atoms with E-state index >= 15 is 0 Å². The van der Waals surface area contributed by atoms with Crippen molar-refractivity contribution in [2.24, 2.45) is 0 Å². The number of amides is 1. The molecule has 0 radical (unpaired) electrons. The van der Waals surface area contributed by atoms with Gasteiger partial charge in [0, 0.05) is 20.4 Å². The van der Waals surface area contributed by atoms with Crippen LogP contribution in [0.1, 0.15) is 12.5 Å². The van der Waals surface area contributed by atoms with Gasteiger partial charge in [0.25, 0.3) is 5.91 Å². The summed E-state index contributed by atoms with van der Waals surface area (Å²) in [4.78, 5) is 16.9. The van der Waals surface area contributed by atoms with Gasteiger partial charge in [0.2, 0.25) is 0 Å². The highest BCUT2D eigenvalue weighted by Crippen LogP contribution is 2.27. The summed E-state index contributed by atoms with van der Waals surface area (Å²) >= 11 is 10.8. The lowest BCUT2D eigenvalue weighted by atomic mass is 10.2. The summed E-state index contributed by atoms with van der Waals surface area (Å²) in [6.07, 6.45) is -0.659. The summed E-state index contributed by atoms with van der Waals surface area (Å²) in [6, 6.07) is 13.1. The molecule has 134 valence electrons. The molecule has 0 saturated carbocycles. The normalized spacial score (nSPS) is 11.8. The van der Waals surface area contributed by atoms with Gasteiger partial charge in [-0.2, -0.15) is 0 Å². The second kappa shape index (κ2) is 8.20. The molecule has 4 nitrogen and oxygen atoms in total. The summed E-state index contributed by atoms with van der Waals surface area (Å²) in [5.74, 6) is 0.375. The molecule has 0 bridgehead atoms. The number of aromatic nitrogens is 1. The zero-order valence-electron chi connectivity index (χ0n) is 14.1. The van der Waals surface area contributed by atoms with Crippen LogP contribution in [0.25, 0.3) is 11.3 Å². The highest BCUT2D eigenvalue weighted by atomic mass is 79.9. The minimum atomic E-state index is -0.659. The topological polar surface area (TPSA) is 51.2 Å². The van der Waals surface area contributed by atoms with Gasteiger partial charge in [-0.05, 0) is 49.7 Å². The molecule has 1 atom stereocenters. The van der Waals surface area contributed by atoms with Gasteiger partial charge >= 0.3 is 0 Å². The summed E-state index contributed by atoms with van der Waals surface area (Å²) in [7, 11) is 0. The standard InChI is InChI=1S/C19H16BrClN2O2S/c1-11-8-15(21)6-7-17(11)25-12(2)18(24)23-19-22-16(10-26-19)13-4-3-5-14(20)9-13/h3-10,12H,1-2H3,(H,22,23,24). The number of nitrogens with zero attached hydrogens (tertiary/aromatic N) is 1. The van der Waals surface area contributed by atoms with Crippen LogP contribution in [0.15, 0.2) is 52.3 Å². The third-order valence-electron chi connectivity index (χ3n) is 3.66. The molecule has 0 aliphatic heterocycles. The second-order valence-corrected chi connectivity index (χ2v) is 7.92. The average Bonchev–Trinajstić information content (AvgIpc) is 3.06. The average molecular weight is 452 g/mol. The Labute approximate surface area is 169 Å². The number of rotatable bonds is 5. The minimum absolute atomic E-state index is 0.255. The van der Waals surface area contributed by atoms with E-state index in [1.807, 2.05) is 36.6 Å². The molecule has 0 fully saturated rings. The Morgan fingerprint density at radius 2 is 2.12 bits per heavy atom. The number of hydrogen-bond acceptors (Lipinski definition) is 4. The van der Waals surface area contributed by atoms with Gasteiger partial charge in [0.15, 0.2) is 11.2 Å². The maximum absolute atomic E-state index is 12.4. The van der Waals surface area contributed by atoms with Crippen molar-refractivity contribution in [2.75, 3.05) is 5.32 Å². The molecule has 3 rings (SSSR count). The lowest BCUT2D eigenvalue weighted by molar-refractivity contribution is -0.122. The van der Waals surface area contributed by atoms with E-state index in [1.54, 1.807) is 25.1 Å². The van der Waals surface area contributed by atoms with Gasteiger partial charge in [0.05, 0.1) is 5.69 Å². The number of benzene rings is 2. The van der Waals surface area contributed by atoms with E-state index in [0.29, 0.717) is 15.9 Å². The number of halogens is 2. The highest BCUT2D eigenvalue weighted by molar-refractivity contribution is 9.10. The summed E-state index contributed by atoms with van der Waals surface area (Å²) in [5, 5.41) is 5.88. The lowest BCUT2D eigenvalue weighted by Gasteiger charge is -2.15. The molecule has 1 aromatic heterocycles. The van der Waals surface area contributed by atoms with Gasteiger partial charge in [-0.15, -0.1) is 11.3 Å². The van der Waals surface area contributed by atoms with E-state index in [2.05, 4.69) is 26.2 Å². The van der Waals surface area contributed by atoms with Gasteiger partial charge in [0.1, 0.15) is 5.75 Å². The monoisotopic (exact) mass is 450 g/mol. The molecule has 1 N–H and O–H groups in total. The molecule has 26 heavy (non-hydrogen) atoms. The van der Waals surface area contributed by atoms with E-state index in [0.717, 1.165) is 21.3 Å². The number of carbonyl (C=O) groups excluding carboxylic acids is 1. The first-order chi connectivity index (χ1) is 12.4. The van der Waals surface area contributed by atoms with Gasteiger partial charge < -0.3 is 4.74 Å². The van der Waals surface area contributed by atoms with Crippen molar-refractivity contribution in [1.82, 2.24) is 4.98 Å². The maximum Gasteiger partial charge on any atom is 0.266 e. The number of anilines is 1. The smallest absolute Gasteiger partial charge is 0.266 e. The number of hydrogen-bond donors (Lipinski definition) is 1. The van der Waals surface area contributed by atoms with Crippen LogP contribution in [0.2, 0.25) is 5.02 Å². The molecule has 3 aromatic rings. The first-order valence-corrected chi connectivity index (χ1v) is 9.92. The van der Waals surface area contributed by atoms with E-state index in [1.165, 1.54) is 11.3 Å². The van der Waals surface area contributed by atoms with Crippen LogP contribution in [0, 0.1) is 6.92 Å². The molecule has 1 amide bonds. The fourth-order valence-electron chi connectivity index (χ4n) is 2.31. The Balaban J connectivity index is 1.66. The van der Waals surface area contributed by atoms with E-state index in [-0.39, 0.29) is 5.91 Å². The molecule has 1 unspecified atom stereocenters.